The number of aromatic hydroxyl groups is 1. The first-order valence-electron chi connectivity index (χ1n) is 13.1. The Morgan fingerprint density at radius 1 is 1.15 bits per heavy atom. The summed E-state index contributed by atoms with van der Waals surface area (Å²) in [5.74, 6) is -3.00. The minimum atomic E-state index is -2.39. The Hall–Kier alpha value is -3.55. The molecule has 224 valence electrons. The smallest absolute Gasteiger partial charge is 0.342 e. The van der Waals surface area contributed by atoms with Crippen molar-refractivity contribution >= 4 is 17.8 Å². The monoisotopic (exact) mass is 573 g/mol. The van der Waals surface area contributed by atoms with Gasteiger partial charge in [0, 0.05) is 31.6 Å². The summed E-state index contributed by atoms with van der Waals surface area (Å²) in [5, 5.41) is 57.5. The minimum Gasteiger partial charge on any atom is -0.507 e. The van der Waals surface area contributed by atoms with Crippen LogP contribution in [0.5, 0.6) is 5.75 Å². The van der Waals surface area contributed by atoms with E-state index < -0.39 is 65.8 Å². The second-order valence-electron chi connectivity index (χ2n) is 11.0. The van der Waals surface area contributed by atoms with Gasteiger partial charge < -0.3 is 46.2 Å². The zero-order valence-electron chi connectivity index (χ0n) is 23.8. The lowest BCUT2D eigenvalue weighted by Gasteiger charge is -2.49. The van der Waals surface area contributed by atoms with Gasteiger partial charge in [0.25, 0.3) is 0 Å². The van der Waals surface area contributed by atoms with Crippen LogP contribution in [-0.4, -0.2) is 104 Å². The molecule has 41 heavy (non-hydrogen) atoms. The lowest BCUT2D eigenvalue weighted by Crippen LogP contribution is -2.76. The molecule has 0 aliphatic heterocycles. The molecule has 1 aliphatic carbocycles. The molecule has 0 saturated heterocycles. The van der Waals surface area contributed by atoms with Crippen molar-refractivity contribution in [2.45, 2.75) is 56.1 Å². The Labute approximate surface area is 238 Å². The van der Waals surface area contributed by atoms with E-state index in [1.54, 1.807) is 31.2 Å². The fourth-order valence-corrected chi connectivity index (χ4v) is 5.87. The second kappa shape index (κ2) is 11.7. The van der Waals surface area contributed by atoms with Crippen LogP contribution in [0.2, 0.25) is 0 Å². The van der Waals surface area contributed by atoms with Crippen LogP contribution in [0.1, 0.15) is 45.7 Å². The summed E-state index contributed by atoms with van der Waals surface area (Å²) in [5.41, 5.74) is 0.871. The zero-order chi connectivity index (χ0) is 30.9. The molecule has 1 saturated carbocycles. The average molecular weight is 574 g/mol. The molecule has 0 bridgehead atoms. The van der Waals surface area contributed by atoms with Crippen molar-refractivity contribution in [2.75, 3.05) is 27.3 Å². The molecule has 1 fully saturated rings. The average Bonchev–Trinajstić information content (AvgIpc) is 3.03. The fourth-order valence-electron chi connectivity index (χ4n) is 5.87. The molecular formula is C29H39N3O9. The summed E-state index contributed by atoms with van der Waals surface area (Å²) < 4.78 is 5.48. The molecule has 0 heterocycles. The Kier molecular flexibility index (Phi) is 9.16. The van der Waals surface area contributed by atoms with E-state index in [0.717, 1.165) is 0 Å². The number of benzene rings is 2. The van der Waals surface area contributed by atoms with E-state index in [0.29, 0.717) is 11.1 Å². The van der Waals surface area contributed by atoms with Gasteiger partial charge in [-0.3, -0.25) is 4.79 Å². The van der Waals surface area contributed by atoms with Gasteiger partial charge in [-0.1, -0.05) is 30.3 Å². The number of Topliss-reactive ketones (excluding diaryl/α,β-unsaturated/α-hetero) is 1. The van der Waals surface area contributed by atoms with Crippen molar-refractivity contribution in [3.8, 4) is 5.75 Å². The maximum atomic E-state index is 13.1. The zero-order valence-corrected chi connectivity index (χ0v) is 23.8. The number of phenolic OH excluding ortho intramolecular Hbond substituents is 1. The van der Waals surface area contributed by atoms with E-state index in [9.17, 15) is 39.9 Å². The normalized spacial score (nSPS) is 28.1. The van der Waals surface area contributed by atoms with Crippen LogP contribution in [0.15, 0.2) is 42.5 Å². The molecular weight excluding hydrogens is 534 g/mol. The highest BCUT2D eigenvalue weighted by atomic mass is 16.5. The predicted octanol–water partition coefficient (Wildman–Crippen LogP) is 0.105. The van der Waals surface area contributed by atoms with Gasteiger partial charge in [0.1, 0.15) is 41.3 Å². The summed E-state index contributed by atoms with van der Waals surface area (Å²) >= 11 is 0. The predicted molar refractivity (Wildman–Crippen MR) is 148 cm³/mol. The number of carbonyl (C=O) groups is 3. The van der Waals surface area contributed by atoms with Gasteiger partial charge in [-0.05, 0) is 50.5 Å². The lowest BCUT2D eigenvalue weighted by molar-refractivity contribution is -0.195. The number of nitrogens with two attached hydrogens (primary N) is 1. The second-order valence-corrected chi connectivity index (χ2v) is 11.0. The van der Waals surface area contributed by atoms with Crippen molar-refractivity contribution in [2.24, 2.45) is 11.7 Å². The highest BCUT2D eigenvalue weighted by Crippen LogP contribution is 2.52. The first kappa shape index (κ1) is 32.0. The van der Waals surface area contributed by atoms with Crippen LogP contribution in [0.25, 0.3) is 0 Å². The van der Waals surface area contributed by atoms with Crippen LogP contribution in [0, 0.1) is 12.8 Å². The molecule has 6 atom stereocenters. The third-order valence-electron chi connectivity index (χ3n) is 8.33. The quantitative estimate of drug-likeness (QED) is 0.159. The highest BCUT2D eigenvalue weighted by Gasteiger charge is 2.75. The molecule has 8 N–H and O–H groups in total. The number of nitrogens with one attached hydrogen (secondary N) is 1. The van der Waals surface area contributed by atoms with Crippen LogP contribution in [-0.2, 0) is 11.2 Å². The van der Waals surface area contributed by atoms with Crippen molar-refractivity contribution in [3.05, 3.63) is 64.7 Å². The van der Waals surface area contributed by atoms with E-state index in [1.165, 1.54) is 51.0 Å². The Bertz CT molecular complexity index is 1290. The molecule has 1 aliphatic rings. The standard InChI is InChI=1S/C29H39N3O9/c1-16-8-6-11-21(35)23(16)25(37)41-15-28(40)20(13-18-9-7-10-19(12-18)22(36)14-33)24(30)29(17(2)34,27(28,3)39)31-26(38)32(4)5/h6-12,17,20,24,33-35,39-40H,13-15,30H2,1-5H3,(H,31,38)/t17-,20+,24+,27+,28-,29+/m1/s1. The molecule has 0 spiro atoms. The number of aliphatic hydroxyl groups is 4. The molecule has 0 radical (unpaired) electrons. The molecule has 12 nitrogen and oxygen atoms in total. The summed E-state index contributed by atoms with van der Waals surface area (Å²) in [6, 6.07) is 8.65. The number of nitrogens with zero attached hydrogens (tertiary/aromatic N) is 1. The van der Waals surface area contributed by atoms with Crippen molar-refractivity contribution in [3.63, 3.8) is 0 Å². The lowest BCUT2D eigenvalue weighted by atomic mass is 9.73. The van der Waals surface area contributed by atoms with Gasteiger partial charge in [0.2, 0.25) is 0 Å². The molecule has 12 heteroatoms. The van der Waals surface area contributed by atoms with Crippen LogP contribution in [0.4, 0.5) is 4.79 Å². The van der Waals surface area contributed by atoms with Gasteiger partial charge in [0.05, 0.1) is 6.10 Å². The number of hydrogen-bond acceptors (Lipinski definition) is 10. The molecule has 0 unspecified atom stereocenters. The van der Waals surface area contributed by atoms with E-state index >= 15 is 0 Å². The first-order chi connectivity index (χ1) is 19.0. The van der Waals surface area contributed by atoms with E-state index in [2.05, 4.69) is 5.32 Å². The fraction of sp³-hybridized carbons (Fsp3) is 0.483. The number of rotatable bonds is 9. The number of aryl methyl sites for hydroxylation is 1. The summed E-state index contributed by atoms with van der Waals surface area (Å²) in [4.78, 5) is 39.2. The third kappa shape index (κ3) is 5.41. The number of aliphatic hydroxyl groups excluding tert-OH is 2. The maximum absolute atomic E-state index is 13.1. The number of ketones is 1. The number of amides is 2. The number of esters is 1. The first-order valence-corrected chi connectivity index (χ1v) is 13.1. The van der Waals surface area contributed by atoms with Gasteiger partial charge in [-0.2, -0.15) is 0 Å². The van der Waals surface area contributed by atoms with Crippen molar-refractivity contribution in [1.29, 1.82) is 0 Å². The van der Waals surface area contributed by atoms with Crippen LogP contribution < -0.4 is 11.1 Å². The number of phenols is 1. The molecule has 0 aromatic heterocycles. The van der Waals surface area contributed by atoms with Gasteiger partial charge >= 0.3 is 12.0 Å². The number of ether oxygens (including phenoxy) is 1. The number of urea groups is 1. The van der Waals surface area contributed by atoms with Gasteiger partial charge in [-0.25, -0.2) is 9.59 Å². The molecule has 3 rings (SSSR count). The Morgan fingerprint density at radius 2 is 1.78 bits per heavy atom. The Balaban J connectivity index is 2.13. The van der Waals surface area contributed by atoms with E-state index in [4.69, 9.17) is 10.5 Å². The molecule has 2 aromatic carbocycles. The van der Waals surface area contributed by atoms with Crippen LogP contribution >= 0.6 is 0 Å². The van der Waals surface area contributed by atoms with Crippen LogP contribution in [0.3, 0.4) is 0 Å². The Morgan fingerprint density at radius 3 is 2.34 bits per heavy atom. The number of hydrogen-bond donors (Lipinski definition) is 7. The van der Waals surface area contributed by atoms with Gasteiger partial charge in [-0.15, -0.1) is 0 Å². The summed E-state index contributed by atoms with van der Waals surface area (Å²) in [6.45, 7) is 2.55. The third-order valence-corrected chi connectivity index (χ3v) is 8.33. The minimum absolute atomic E-state index is 0.0835. The topological polar surface area (TPSA) is 203 Å². The van der Waals surface area contributed by atoms with Gasteiger partial charge in [0.15, 0.2) is 5.78 Å². The molecule has 2 amide bonds. The van der Waals surface area contributed by atoms with Crippen molar-refractivity contribution < 1.29 is 44.7 Å². The number of carbonyl (C=O) groups excluding carboxylic acids is 3. The summed E-state index contributed by atoms with van der Waals surface area (Å²) in [7, 11) is 2.90. The molecule has 2 aromatic rings. The SMILES string of the molecule is Cc1cccc(O)c1C(=O)OC[C@@]1(O)[C@@H](Cc2cccc(C(=O)CO)c2)[C@H](N)[C@@](NC(=O)N(C)C)([C@@H](C)O)[C@@]1(C)O. The summed E-state index contributed by atoms with van der Waals surface area (Å²) in [6.07, 6.45) is -1.59. The van der Waals surface area contributed by atoms with E-state index in [1.807, 2.05) is 0 Å². The highest BCUT2D eigenvalue weighted by molar-refractivity contribution is 5.97. The largest absolute Gasteiger partial charge is 0.507 e. The maximum Gasteiger partial charge on any atom is 0.342 e. The van der Waals surface area contributed by atoms with Crippen molar-refractivity contribution in [1.82, 2.24) is 10.2 Å². The van der Waals surface area contributed by atoms with E-state index in [-0.39, 0.29) is 23.3 Å².